The van der Waals surface area contributed by atoms with Crippen LogP contribution in [0.2, 0.25) is 0 Å². The van der Waals surface area contributed by atoms with Crippen molar-refractivity contribution in [2.75, 3.05) is 20.8 Å². The lowest BCUT2D eigenvalue weighted by atomic mass is 9.87. The van der Waals surface area contributed by atoms with Crippen molar-refractivity contribution in [3.63, 3.8) is 0 Å². The van der Waals surface area contributed by atoms with Crippen molar-refractivity contribution in [3.8, 4) is 5.75 Å². The van der Waals surface area contributed by atoms with Crippen LogP contribution in [-0.2, 0) is 11.2 Å². The second-order valence-corrected chi connectivity index (χ2v) is 5.62. The Bertz CT molecular complexity index is 390. The molecular weight excluding hydrogens is 238 g/mol. The summed E-state index contributed by atoms with van der Waals surface area (Å²) < 4.78 is 11.2. The Kier molecular flexibility index (Phi) is 4.83. The van der Waals surface area contributed by atoms with Gasteiger partial charge in [-0.15, -0.1) is 0 Å². The van der Waals surface area contributed by atoms with Crippen LogP contribution in [0.15, 0.2) is 24.3 Å². The predicted molar refractivity (Wildman–Crippen MR) is 77.8 cm³/mol. The number of rotatable bonds is 5. The fourth-order valence-corrected chi connectivity index (χ4v) is 2.75. The Morgan fingerprint density at radius 1 is 1.37 bits per heavy atom. The molecule has 1 aliphatic rings. The molecule has 0 spiro atoms. The molecule has 0 radical (unpaired) electrons. The summed E-state index contributed by atoms with van der Waals surface area (Å²) in [6.45, 7) is 3.10. The van der Waals surface area contributed by atoms with E-state index in [9.17, 15) is 0 Å². The summed E-state index contributed by atoms with van der Waals surface area (Å²) in [7, 11) is 3.74. The summed E-state index contributed by atoms with van der Waals surface area (Å²) in [6.07, 6.45) is 4.34. The maximum atomic E-state index is 6.00. The first-order valence-corrected chi connectivity index (χ1v) is 7.09. The molecule has 2 atom stereocenters. The third-order valence-corrected chi connectivity index (χ3v) is 4.10. The monoisotopic (exact) mass is 263 g/mol. The molecule has 0 aliphatic carbocycles. The Balaban J connectivity index is 1.89. The number of methoxy groups -OCH3 is 1. The van der Waals surface area contributed by atoms with Crippen LogP contribution >= 0.6 is 0 Å². The molecule has 106 valence electrons. The Hall–Kier alpha value is -1.06. The fraction of sp³-hybridized carbons (Fsp3) is 0.625. The number of hydrogen-bond acceptors (Lipinski definition) is 3. The molecule has 1 aliphatic heterocycles. The highest BCUT2D eigenvalue weighted by Gasteiger charge is 2.32. The molecule has 3 nitrogen and oxygen atoms in total. The first kappa shape index (κ1) is 14.4. The molecule has 1 aromatic carbocycles. The average Bonchev–Trinajstić information content (AvgIpc) is 2.46. The van der Waals surface area contributed by atoms with Crippen LogP contribution in [0.3, 0.4) is 0 Å². The highest BCUT2D eigenvalue weighted by atomic mass is 16.5. The van der Waals surface area contributed by atoms with Gasteiger partial charge in [0.25, 0.3) is 0 Å². The van der Waals surface area contributed by atoms with Gasteiger partial charge in [-0.2, -0.15) is 0 Å². The van der Waals surface area contributed by atoms with Gasteiger partial charge in [-0.25, -0.2) is 0 Å². The normalized spacial score (nSPS) is 27.2. The van der Waals surface area contributed by atoms with Crippen LogP contribution in [0.4, 0.5) is 0 Å². The number of nitrogens with one attached hydrogen (secondary N) is 1. The lowest BCUT2D eigenvalue weighted by molar-refractivity contribution is -0.0797. The van der Waals surface area contributed by atoms with Gasteiger partial charge in [0.1, 0.15) is 5.75 Å². The van der Waals surface area contributed by atoms with Crippen LogP contribution in [-0.4, -0.2) is 32.4 Å². The molecule has 1 heterocycles. The molecule has 1 N–H and O–H groups in total. The predicted octanol–water partition coefficient (Wildman–Crippen LogP) is 2.78. The van der Waals surface area contributed by atoms with Crippen LogP contribution < -0.4 is 10.1 Å². The minimum atomic E-state index is 0.00581. The van der Waals surface area contributed by atoms with Gasteiger partial charge in [0.15, 0.2) is 0 Å². The largest absolute Gasteiger partial charge is 0.497 e. The third-order valence-electron chi connectivity index (χ3n) is 4.10. The van der Waals surface area contributed by atoms with Crippen molar-refractivity contribution in [3.05, 3.63) is 29.8 Å². The number of hydrogen-bond donors (Lipinski definition) is 1. The van der Waals surface area contributed by atoms with E-state index in [1.54, 1.807) is 7.11 Å². The zero-order chi connectivity index (χ0) is 13.7. The van der Waals surface area contributed by atoms with E-state index in [1.807, 2.05) is 19.2 Å². The van der Waals surface area contributed by atoms with Gasteiger partial charge in [0, 0.05) is 12.6 Å². The first-order valence-electron chi connectivity index (χ1n) is 7.09. The van der Waals surface area contributed by atoms with Gasteiger partial charge in [-0.05, 0) is 57.4 Å². The lowest BCUT2D eigenvalue weighted by Gasteiger charge is -2.38. The van der Waals surface area contributed by atoms with Crippen molar-refractivity contribution < 1.29 is 9.47 Å². The molecule has 2 rings (SSSR count). The van der Waals surface area contributed by atoms with E-state index >= 15 is 0 Å². The third kappa shape index (κ3) is 3.95. The van der Waals surface area contributed by atoms with Crippen molar-refractivity contribution in [2.24, 2.45) is 0 Å². The number of aryl methyl sites for hydroxylation is 1. The van der Waals surface area contributed by atoms with Crippen molar-refractivity contribution in [1.82, 2.24) is 5.32 Å². The van der Waals surface area contributed by atoms with Gasteiger partial charge in [0.05, 0.1) is 12.7 Å². The zero-order valence-electron chi connectivity index (χ0n) is 12.2. The van der Waals surface area contributed by atoms with Crippen LogP contribution in [0, 0.1) is 0 Å². The molecule has 1 saturated heterocycles. The standard InChI is InChI=1S/C16H25NO2/c1-16(12-14(17-2)9-11-19-16)10-8-13-4-6-15(18-3)7-5-13/h4-7,14,17H,8-12H2,1-3H3. The number of ether oxygens (including phenoxy) is 2. The number of benzene rings is 1. The minimum Gasteiger partial charge on any atom is -0.497 e. The highest BCUT2D eigenvalue weighted by molar-refractivity contribution is 5.27. The SMILES string of the molecule is CNC1CCOC(C)(CCc2ccc(OC)cc2)C1. The van der Waals surface area contributed by atoms with E-state index in [-0.39, 0.29) is 5.60 Å². The maximum absolute atomic E-state index is 6.00. The van der Waals surface area contributed by atoms with Gasteiger partial charge in [-0.1, -0.05) is 12.1 Å². The Morgan fingerprint density at radius 3 is 2.74 bits per heavy atom. The average molecular weight is 263 g/mol. The highest BCUT2D eigenvalue weighted by Crippen LogP contribution is 2.29. The summed E-state index contributed by atoms with van der Waals surface area (Å²) in [5, 5.41) is 3.38. The van der Waals surface area contributed by atoms with Crippen LogP contribution in [0.5, 0.6) is 5.75 Å². The van der Waals surface area contributed by atoms with E-state index in [0.717, 1.165) is 38.0 Å². The molecule has 0 bridgehead atoms. The van der Waals surface area contributed by atoms with E-state index in [0.29, 0.717) is 6.04 Å². The lowest BCUT2D eigenvalue weighted by Crippen LogP contribution is -2.44. The van der Waals surface area contributed by atoms with Gasteiger partial charge in [0.2, 0.25) is 0 Å². The second kappa shape index (κ2) is 6.40. The van der Waals surface area contributed by atoms with Crippen LogP contribution in [0.1, 0.15) is 31.7 Å². The maximum Gasteiger partial charge on any atom is 0.118 e. The molecule has 2 unspecified atom stereocenters. The Labute approximate surface area is 116 Å². The molecule has 19 heavy (non-hydrogen) atoms. The van der Waals surface area contributed by atoms with Gasteiger partial charge in [-0.3, -0.25) is 0 Å². The van der Waals surface area contributed by atoms with Crippen LogP contribution in [0.25, 0.3) is 0 Å². The van der Waals surface area contributed by atoms with E-state index in [1.165, 1.54) is 5.56 Å². The molecule has 1 fully saturated rings. The van der Waals surface area contributed by atoms with E-state index < -0.39 is 0 Å². The van der Waals surface area contributed by atoms with Crippen molar-refractivity contribution in [2.45, 2.75) is 44.2 Å². The fourth-order valence-electron chi connectivity index (χ4n) is 2.75. The first-order chi connectivity index (χ1) is 9.15. The zero-order valence-corrected chi connectivity index (χ0v) is 12.2. The smallest absolute Gasteiger partial charge is 0.118 e. The van der Waals surface area contributed by atoms with Gasteiger partial charge >= 0.3 is 0 Å². The minimum absolute atomic E-state index is 0.00581. The molecule has 3 heteroatoms. The van der Waals surface area contributed by atoms with E-state index in [4.69, 9.17) is 9.47 Å². The summed E-state index contributed by atoms with van der Waals surface area (Å²) in [5.41, 5.74) is 1.35. The summed E-state index contributed by atoms with van der Waals surface area (Å²) in [6, 6.07) is 8.92. The molecular formula is C16H25NO2. The Morgan fingerprint density at radius 2 is 2.11 bits per heavy atom. The molecule has 0 aromatic heterocycles. The topological polar surface area (TPSA) is 30.5 Å². The molecule has 0 saturated carbocycles. The second-order valence-electron chi connectivity index (χ2n) is 5.62. The summed E-state index contributed by atoms with van der Waals surface area (Å²) in [4.78, 5) is 0. The van der Waals surface area contributed by atoms with Gasteiger partial charge < -0.3 is 14.8 Å². The van der Waals surface area contributed by atoms with E-state index in [2.05, 4.69) is 24.4 Å². The quantitative estimate of drug-likeness (QED) is 0.886. The van der Waals surface area contributed by atoms with Crippen molar-refractivity contribution in [1.29, 1.82) is 0 Å². The molecule has 0 amide bonds. The van der Waals surface area contributed by atoms with Crippen molar-refractivity contribution >= 4 is 0 Å². The summed E-state index contributed by atoms with van der Waals surface area (Å²) in [5.74, 6) is 0.916. The molecule has 1 aromatic rings. The summed E-state index contributed by atoms with van der Waals surface area (Å²) >= 11 is 0.